The number of aromatic nitrogens is 2. The van der Waals surface area contributed by atoms with E-state index in [1.807, 2.05) is 24.4 Å². The molecular formula is C21H26N4OS. The number of unbranched alkanes of at least 4 members (excludes halogenated alkanes) is 1. The summed E-state index contributed by atoms with van der Waals surface area (Å²) in [5.74, 6) is 0. The van der Waals surface area contributed by atoms with Crippen LogP contribution < -0.4 is 16.2 Å². The van der Waals surface area contributed by atoms with Crippen molar-refractivity contribution in [3.63, 3.8) is 0 Å². The highest BCUT2D eigenvalue weighted by molar-refractivity contribution is 7.15. The molecule has 0 amide bonds. The highest BCUT2D eigenvalue weighted by Crippen LogP contribution is 2.25. The maximum atomic E-state index is 13.3. The third-order valence-electron chi connectivity index (χ3n) is 5.19. The maximum absolute atomic E-state index is 13.3. The number of hydrogen-bond donors (Lipinski definition) is 2. The maximum Gasteiger partial charge on any atom is 0.266 e. The molecule has 142 valence electrons. The normalized spacial score (nSPS) is 16.9. The lowest BCUT2D eigenvalue weighted by atomic mass is 10.0. The molecule has 3 heterocycles. The molecule has 27 heavy (non-hydrogen) atoms. The van der Waals surface area contributed by atoms with E-state index in [4.69, 9.17) is 4.98 Å². The van der Waals surface area contributed by atoms with Crippen LogP contribution in [0.25, 0.3) is 16.1 Å². The number of fused-ring (bicyclic) bond motifs is 1. The molecule has 0 aliphatic carbocycles. The van der Waals surface area contributed by atoms with E-state index in [9.17, 15) is 4.79 Å². The lowest BCUT2D eigenvalue weighted by Gasteiger charge is -2.14. The molecule has 1 unspecified atom stereocenters. The second-order valence-electron chi connectivity index (χ2n) is 7.25. The Morgan fingerprint density at radius 1 is 1.33 bits per heavy atom. The van der Waals surface area contributed by atoms with Crippen LogP contribution in [-0.2, 0) is 6.42 Å². The van der Waals surface area contributed by atoms with Crippen LogP contribution in [0.4, 0.5) is 5.69 Å². The molecule has 1 fully saturated rings. The summed E-state index contributed by atoms with van der Waals surface area (Å²) in [5.41, 5.74) is 4.71. The third kappa shape index (κ3) is 3.64. The van der Waals surface area contributed by atoms with Crippen molar-refractivity contribution < 1.29 is 0 Å². The number of anilines is 1. The molecule has 0 spiro atoms. The average molecular weight is 383 g/mol. The van der Waals surface area contributed by atoms with E-state index in [0.717, 1.165) is 71.9 Å². The molecule has 1 saturated heterocycles. The summed E-state index contributed by atoms with van der Waals surface area (Å²) in [4.78, 5) is 18.9. The minimum Gasteiger partial charge on any atom is -0.381 e. The summed E-state index contributed by atoms with van der Waals surface area (Å²) >= 11 is 1.54. The van der Waals surface area contributed by atoms with E-state index < -0.39 is 0 Å². The first-order valence-corrected chi connectivity index (χ1v) is 10.6. The van der Waals surface area contributed by atoms with Gasteiger partial charge < -0.3 is 10.6 Å². The molecule has 1 aliphatic rings. The predicted molar refractivity (Wildman–Crippen MR) is 113 cm³/mol. The van der Waals surface area contributed by atoms with Crippen molar-refractivity contribution in [1.82, 2.24) is 14.7 Å². The zero-order valence-corrected chi connectivity index (χ0v) is 16.7. The highest BCUT2D eigenvalue weighted by Gasteiger charge is 2.17. The molecule has 2 aromatic heterocycles. The molecule has 2 N–H and O–H groups in total. The fraction of sp³-hybridized carbons (Fsp3) is 0.429. The predicted octanol–water partition coefficient (Wildman–Crippen LogP) is 3.85. The Kier molecular flexibility index (Phi) is 5.27. The number of rotatable bonds is 6. The second-order valence-corrected chi connectivity index (χ2v) is 8.09. The molecule has 6 heteroatoms. The Balaban J connectivity index is 1.73. The van der Waals surface area contributed by atoms with Crippen LogP contribution in [0, 0.1) is 6.92 Å². The summed E-state index contributed by atoms with van der Waals surface area (Å²) in [6.45, 7) is 6.20. The van der Waals surface area contributed by atoms with Gasteiger partial charge in [-0.05, 0) is 50.4 Å². The summed E-state index contributed by atoms with van der Waals surface area (Å²) in [6.07, 6.45) is 4.10. The quantitative estimate of drug-likeness (QED) is 0.680. The number of nitrogens with one attached hydrogen (secondary N) is 2. The fourth-order valence-corrected chi connectivity index (χ4v) is 4.56. The first-order valence-electron chi connectivity index (χ1n) is 9.74. The molecule has 5 nitrogen and oxygen atoms in total. The van der Waals surface area contributed by atoms with Crippen molar-refractivity contribution in [1.29, 1.82) is 0 Å². The van der Waals surface area contributed by atoms with E-state index in [-0.39, 0.29) is 5.56 Å². The number of nitrogens with zero attached hydrogens (tertiary/aromatic N) is 2. The van der Waals surface area contributed by atoms with Crippen LogP contribution in [0.15, 0.2) is 34.4 Å². The minimum atomic E-state index is 0.0468. The minimum absolute atomic E-state index is 0.0468. The van der Waals surface area contributed by atoms with Crippen LogP contribution in [0.1, 0.15) is 37.6 Å². The van der Waals surface area contributed by atoms with Crippen LogP contribution in [0.5, 0.6) is 0 Å². The largest absolute Gasteiger partial charge is 0.381 e. The van der Waals surface area contributed by atoms with Crippen molar-refractivity contribution in [2.45, 2.75) is 45.6 Å². The van der Waals surface area contributed by atoms with Gasteiger partial charge in [0.25, 0.3) is 5.56 Å². The zero-order valence-electron chi connectivity index (χ0n) is 15.9. The summed E-state index contributed by atoms with van der Waals surface area (Å²) in [6, 6.07) is 8.73. The first-order chi connectivity index (χ1) is 13.2. The Hall–Kier alpha value is -2.18. The Bertz CT molecular complexity index is 984. The van der Waals surface area contributed by atoms with E-state index in [1.165, 1.54) is 11.3 Å². The van der Waals surface area contributed by atoms with Crippen LogP contribution in [0.2, 0.25) is 0 Å². The van der Waals surface area contributed by atoms with Gasteiger partial charge in [0.2, 0.25) is 0 Å². The Labute approximate surface area is 163 Å². The van der Waals surface area contributed by atoms with Gasteiger partial charge in [0, 0.05) is 29.3 Å². The molecule has 0 radical (unpaired) electrons. The SMILES string of the molecule is CCCCc1nc2scc(C)n2c(=O)c1-c1ccc(NC2CCNC2)cc1. The Morgan fingerprint density at radius 2 is 2.15 bits per heavy atom. The van der Waals surface area contributed by atoms with Gasteiger partial charge in [-0.1, -0.05) is 25.5 Å². The van der Waals surface area contributed by atoms with Crippen LogP contribution >= 0.6 is 11.3 Å². The topological polar surface area (TPSA) is 58.4 Å². The van der Waals surface area contributed by atoms with E-state index >= 15 is 0 Å². The van der Waals surface area contributed by atoms with E-state index in [1.54, 1.807) is 4.40 Å². The standard InChI is InChI=1S/C21H26N4OS/c1-3-4-5-18-19(20(26)25-14(2)13-27-21(25)24-18)15-6-8-16(9-7-15)23-17-10-11-22-12-17/h6-9,13,17,22-23H,3-5,10-12H2,1-2H3. The van der Waals surface area contributed by atoms with Crippen molar-refractivity contribution >= 4 is 22.0 Å². The van der Waals surface area contributed by atoms with Crippen LogP contribution in [0.3, 0.4) is 0 Å². The smallest absolute Gasteiger partial charge is 0.266 e. The van der Waals surface area contributed by atoms with Gasteiger partial charge in [0.1, 0.15) is 0 Å². The lowest BCUT2D eigenvalue weighted by Crippen LogP contribution is -2.22. The fourth-order valence-electron chi connectivity index (χ4n) is 3.69. The molecule has 1 aromatic carbocycles. The number of thiazole rings is 1. The van der Waals surface area contributed by atoms with Gasteiger partial charge in [0.05, 0.1) is 11.3 Å². The molecular weight excluding hydrogens is 356 g/mol. The van der Waals surface area contributed by atoms with Crippen LogP contribution in [-0.4, -0.2) is 28.5 Å². The average Bonchev–Trinajstić information content (AvgIpc) is 3.31. The van der Waals surface area contributed by atoms with Gasteiger partial charge in [-0.2, -0.15) is 0 Å². The summed E-state index contributed by atoms with van der Waals surface area (Å²) < 4.78 is 1.74. The van der Waals surface area contributed by atoms with E-state index in [0.29, 0.717) is 6.04 Å². The number of hydrogen-bond acceptors (Lipinski definition) is 5. The monoisotopic (exact) mass is 382 g/mol. The van der Waals surface area contributed by atoms with Gasteiger partial charge >= 0.3 is 0 Å². The van der Waals surface area contributed by atoms with Crippen molar-refractivity contribution in [2.24, 2.45) is 0 Å². The molecule has 0 bridgehead atoms. The van der Waals surface area contributed by atoms with Gasteiger partial charge in [-0.15, -0.1) is 11.3 Å². The van der Waals surface area contributed by atoms with Gasteiger partial charge in [-0.25, -0.2) is 4.98 Å². The number of benzene rings is 1. The number of aryl methyl sites for hydroxylation is 2. The Morgan fingerprint density at radius 3 is 2.85 bits per heavy atom. The molecule has 4 rings (SSSR count). The van der Waals surface area contributed by atoms with E-state index in [2.05, 4.69) is 29.7 Å². The van der Waals surface area contributed by atoms with Gasteiger partial charge in [0.15, 0.2) is 4.96 Å². The lowest BCUT2D eigenvalue weighted by molar-refractivity contribution is 0.775. The molecule has 1 atom stereocenters. The zero-order chi connectivity index (χ0) is 18.8. The second kappa shape index (κ2) is 7.82. The molecule has 0 saturated carbocycles. The summed E-state index contributed by atoms with van der Waals surface area (Å²) in [5, 5.41) is 8.93. The first kappa shape index (κ1) is 18.2. The highest BCUT2D eigenvalue weighted by atomic mass is 32.1. The molecule has 3 aromatic rings. The summed E-state index contributed by atoms with van der Waals surface area (Å²) in [7, 11) is 0. The molecule has 1 aliphatic heterocycles. The third-order valence-corrected chi connectivity index (χ3v) is 6.13. The van der Waals surface area contributed by atoms with Gasteiger partial charge in [-0.3, -0.25) is 9.20 Å². The van der Waals surface area contributed by atoms with Crippen molar-refractivity contribution in [2.75, 3.05) is 18.4 Å². The van der Waals surface area contributed by atoms with Crippen molar-refractivity contribution in [3.05, 3.63) is 51.4 Å². The van der Waals surface area contributed by atoms with Crippen molar-refractivity contribution in [3.8, 4) is 11.1 Å².